The molecule has 0 saturated heterocycles. The van der Waals surface area contributed by atoms with Crippen LogP contribution in [0, 0.1) is 5.82 Å². The molecule has 2 heterocycles. The van der Waals surface area contributed by atoms with E-state index in [4.69, 9.17) is 16.3 Å². The largest absolute Gasteiger partial charge is 0.454 e. The molecule has 0 radical (unpaired) electrons. The number of hydrogen-bond acceptors (Lipinski definition) is 2. The van der Waals surface area contributed by atoms with Crippen molar-refractivity contribution in [3.05, 3.63) is 105 Å². The highest BCUT2D eigenvalue weighted by Crippen LogP contribution is 2.46. The Morgan fingerprint density at radius 1 is 1.00 bits per heavy atom. The number of hydrogen-bond donors (Lipinski definition) is 0. The number of fused-ring (bicyclic) bond motifs is 1. The highest BCUT2D eigenvalue weighted by molar-refractivity contribution is 7.11. The van der Waals surface area contributed by atoms with Gasteiger partial charge in [-0.25, -0.2) is 4.39 Å². The summed E-state index contributed by atoms with van der Waals surface area (Å²) in [5, 5.41) is 2.47. The predicted octanol–water partition coefficient (Wildman–Crippen LogP) is 6.58. The first kappa shape index (κ1) is 16.1. The molecule has 124 valence electrons. The van der Waals surface area contributed by atoms with Crippen LogP contribution in [0.3, 0.4) is 0 Å². The van der Waals surface area contributed by atoms with E-state index < -0.39 is 0 Å². The summed E-state index contributed by atoms with van der Waals surface area (Å²) in [5.74, 6) is 0.881. The van der Waals surface area contributed by atoms with Gasteiger partial charge >= 0.3 is 0 Å². The van der Waals surface area contributed by atoms with Crippen molar-refractivity contribution in [1.82, 2.24) is 0 Å². The lowest BCUT2D eigenvalue weighted by atomic mass is 9.85. The van der Waals surface area contributed by atoms with Crippen LogP contribution in [-0.2, 0) is 0 Å². The van der Waals surface area contributed by atoms with Crippen molar-refractivity contribution >= 4 is 28.7 Å². The lowest BCUT2D eigenvalue weighted by Crippen LogP contribution is -2.04. The molecule has 25 heavy (non-hydrogen) atoms. The predicted molar refractivity (Wildman–Crippen MR) is 102 cm³/mol. The van der Waals surface area contributed by atoms with E-state index in [1.54, 1.807) is 23.5 Å². The number of ether oxygens (including phenoxy) is 1. The average molecular weight is 369 g/mol. The Labute approximate surface area is 154 Å². The monoisotopic (exact) mass is 368 g/mol. The minimum absolute atomic E-state index is 0.193. The Morgan fingerprint density at radius 3 is 2.48 bits per heavy atom. The third-order valence-electron chi connectivity index (χ3n) is 4.22. The van der Waals surface area contributed by atoms with E-state index in [1.165, 1.54) is 12.1 Å². The third-order valence-corrected chi connectivity index (χ3v) is 5.50. The molecule has 0 unspecified atom stereocenters. The van der Waals surface area contributed by atoms with Crippen LogP contribution in [0.1, 0.15) is 21.9 Å². The van der Waals surface area contributed by atoms with Crippen molar-refractivity contribution in [2.75, 3.05) is 0 Å². The molecule has 1 aliphatic heterocycles. The van der Waals surface area contributed by atoms with E-state index in [9.17, 15) is 4.39 Å². The highest BCUT2D eigenvalue weighted by atomic mass is 35.5. The second-order valence-electron chi connectivity index (χ2n) is 5.77. The minimum atomic E-state index is -0.270. The minimum Gasteiger partial charge on any atom is -0.454 e. The van der Waals surface area contributed by atoms with Gasteiger partial charge in [0, 0.05) is 11.5 Å². The van der Waals surface area contributed by atoms with E-state index in [1.807, 2.05) is 41.8 Å². The van der Waals surface area contributed by atoms with Crippen LogP contribution >= 0.6 is 22.9 Å². The van der Waals surface area contributed by atoms with Gasteiger partial charge < -0.3 is 4.74 Å². The maximum absolute atomic E-state index is 13.4. The Kier molecular flexibility index (Phi) is 4.20. The van der Waals surface area contributed by atoms with Gasteiger partial charge in [-0.15, -0.1) is 11.3 Å². The van der Waals surface area contributed by atoms with Crippen LogP contribution in [0.2, 0.25) is 0 Å². The average Bonchev–Trinajstić information content (AvgIpc) is 3.13. The van der Waals surface area contributed by atoms with Crippen molar-refractivity contribution in [3.8, 4) is 5.75 Å². The molecular formula is C21H14ClFOS. The molecule has 4 rings (SSSR count). The molecule has 1 aliphatic rings. The zero-order chi connectivity index (χ0) is 17.4. The molecule has 0 spiro atoms. The molecule has 1 atom stereocenters. The fraction of sp³-hybridized carbons (Fsp3) is 0.0476. The van der Waals surface area contributed by atoms with Gasteiger partial charge in [-0.05, 0) is 40.8 Å². The second kappa shape index (κ2) is 6.51. The molecule has 0 N–H and O–H groups in total. The topological polar surface area (TPSA) is 9.23 Å². The molecule has 0 aliphatic carbocycles. The van der Waals surface area contributed by atoms with E-state index >= 15 is 0 Å². The Hall–Kier alpha value is -2.36. The number of halogens is 2. The van der Waals surface area contributed by atoms with Gasteiger partial charge in [-0.2, -0.15) is 0 Å². The maximum atomic E-state index is 13.4. The Bertz CT molecular complexity index is 958. The molecule has 0 amide bonds. The molecule has 4 heteroatoms. The smallest absolute Gasteiger partial charge is 0.163 e. The van der Waals surface area contributed by atoms with Crippen LogP contribution < -0.4 is 4.74 Å². The first-order valence-corrected chi connectivity index (χ1v) is 9.06. The van der Waals surface area contributed by atoms with Crippen molar-refractivity contribution in [1.29, 1.82) is 0 Å². The molecule has 1 nitrogen and oxygen atoms in total. The molecule has 0 bridgehead atoms. The van der Waals surface area contributed by atoms with Crippen LogP contribution in [0.5, 0.6) is 5.75 Å². The van der Waals surface area contributed by atoms with Crippen molar-refractivity contribution < 1.29 is 9.13 Å². The van der Waals surface area contributed by atoms with E-state index in [2.05, 4.69) is 6.58 Å². The summed E-state index contributed by atoms with van der Waals surface area (Å²) in [6.45, 7) is 4.24. The van der Waals surface area contributed by atoms with Crippen LogP contribution in [0.15, 0.2) is 83.2 Å². The van der Waals surface area contributed by atoms with Gasteiger partial charge in [-0.3, -0.25) is 0 Å². The summed E-state index contributed by atoms with van der Waals surface area (Å²) < 4.78 is 19.6. The van der Waals surface area contributed by atoms with E-state index in [-0.39, 0.29) is 11.7 Å². The fourth-order valence-electron chi connectivity index (χ4n) is 3.03. The normalized spacial score (nSPS) is 17.0. The summed E-state index contributed by atoms with van der Waals surface area (Å²) in [6.07, 6.45) is 0. The first-order chi connectivity index (χ1) is 12.1. The van der Waals surface area contributed by atoms with Gasteiger partial charge in [0.15, 0.2) is 5.76 Å². The summed E-state index contributed by atoms with van der Waals surface area (Å²) in [5.41, 5.74) is 2.62. The lowest BCUT2D eigenvalue weighted by molar-refractivity contribution is 0.512. The number of thiophene rings is 1. The number of benzene rings is 2. The first-order valence-electron chi connectivity index (χ1n) is 7.80. The summed E-state index contributed by atoms with van der Waals surface area (Å²) in [4.78, 5) is 0.945. The fourth-order valence-corrected chi connectivity index (χ4v) is 4.05. The molecular weight excluding hydrogens is 355 g/mol. The molecule has 1 aromatic heterocycles. The maximum Gasteiger partial charge on any atom is 0.163 e. The standard InChI is InChI=1S/C21H14ClFOS/c1-13-19(14-8-10-15(23)11-9-14)16-5-2-3-6-17(16)24-21(20(13)22)18-7-4-12-25-18/h2-12,19H,1H2/t19-/m1/s1. The Morgan fingerprint density at radius 2 is 1.76 bits per heavy atom. The highest BCUT2D eigenvalue weighted by Gasteiger charge is 2.29. The van der Waals surface area contributed by atoms with Gasteiger partial charge in [0.2, 0.25) is 0 Å². The van der Waals surface area contributed by atoms with Gasteiger partial charge in [0.25, 0.3) is 0 Å². The summed E-state index contributed by atoms with van der Waals surface area (Å²) in [6, 6.07) is 18.2. The van der Waals surface area contributed by atoms with E-state index in [0.29, 0.717) is 10.8 Å². The second-order valence-corrected chi connectivity index (χ2v) is 7.10. The molecule has 0 saturated carbocycles. The van der Waals surface area contributed by atoms with E-state index in [0.717, 1.165) is 27.3 Å². The zero-order valence-electron chi connectivity index (χ0n) is 13.2. The zero-order valence-corrected chi connectivity index (χ0v) is 14.8. The molecule has 3 aromatic rings. The quantitative estimate of drug-likeness (QED) is 0.496. The number of allylic oxidation sites excluding steroid dienone is 2. The SMILES string of the molecule is C=C1C(Cl)=C(c2cccs2)Oc2ccccc2[C@H]1c1ccc(F)cc1. The van der Waals surface area contributed by atoms with Crippen molar-refractivity contribution in [2.45, 2.75) is 5.92 Å². The Balaban J connectivity index is 1.92. The third kappa shape index (κ3) is 2.90. The summed E-state index contributed by atoms with van der Waals surface area (Å²) in [7, 11) is 0. The summed E-state index contributed by atoms with van der Waals surface area (Å²) >= 11 is 8.24. The van der Waals surface area contributed by atoms with Crippen LogP contribution in [0.25, 0.3) is 5.76 Å². The van der Waals surface area contributed by atoms with Crippen LogP contribution in [0.4, 0.5) is 4.39 Å². The molecule has 2 aromatic carbocycles. The van der Waals surface area contributed by atoms with Crippen molar-refractivity contribution in [3.63, 3.8) is 0 Å². The molecule has 0 fully saturated rings. The van der Waals surface area contributed by atoms with Crippen molar-refractivity contribution in [2.24, 2.45) is 0 Å². The van der Waals surface area contributed by atoms with Gasteiger partial charge in [0.05, 0.1) is 9.91 Å². The lowest BCUT2D eigenvalue weighted by Gasteiger charge is -2.19. The van der Waals surface area contributed by atoms with Gasteiger partial charge in [0.1, 0.15) is 11.6 Å². The van der Waals surface area contributed by atoms with Crippen LogP contribution in [-0.4, -0.2) is 0 Å². The van der Waals surface area contributed by atoms with Gasteiger partial charge in [-0.1, -0.05) is 54.6 Å². The number of rotatable bonds is 2. The number of para-hydroxylation sites is 1.